The quantitative estimate of drug-likeness (QED) is 0.906. The van der Waals surface area contributed by atoms with Gasteiger partial charge >= 0.3 is 6.03 Å². The fraction of sp³-hybridized carbons (Fsp3) is 0.455. The first-order chi connectivity index (χ1) is 13.2. The Labute approximate surface area is 160 Å². The first-order valence-corrected chi connectivity index (χ1v) is 9.80. The highest BCUT2D eigenvalue weighted by Gasteiger charge is 2.45. The summed E-state index contributed by atoms with van der Waals surface area (Å²) in [4.78, 5) is 19.1. The molecule has 0 radical (unpaired) electrons. The van der Waals surface area contributed by atoms with Crippen LogP contribution in [0.5, 0.6) is 0 Å². The number of aryl methyl sites for hydroxylation is 1. The van der Waals surface area contributed by atoms with Crippen LogP contribution in [0, 0.1) is 12.8 Å². The van der Waals surface area contributed by atoms with E-state index in [4.69, 9.17) is 4.74 Å². The number of aromatic nitrogens is 1. The number of nitrogens with one attached hydrogen (secondary N) is 1. The van der Waals surface area contributed by atoms with Crippen molar-refractivity contribution in [1.82, 2.24) is 15.2 Å². The maximum absolute atomic E-state index is 12.9. The van der Waals surface area contributed by atoms with Crippen LogP contribution in [-0.2, 0) is 11.2 Å². The van der Waals surface area contributed by atoms with E-state index in [0.717, 1.165) is 32.6 Å². The molecule has 3 unspecified atom stereocenters. The molecule has 2 aliphatic rings. The van der Waals surface area contributed by atoms with Gasteiger partial charge in [0.1, 0.15) is 0 Å². The van der Waals surface area contributed by atoms with Crippen LogP contribution >= 0.6 is 0 Å². The number of pyridine rings is 1. The lowest BCUT2D eigenvalue weighted by atomic mass is 9.84. The third-order valence-electron chi connectivity index (χ3n) is 5.97. The van der Waals surface area contributed by atoms with Crippen molar-refractivity contribution in [2.75, 3.05) is 26.3 Å². The Bertz CT molecular complexity index is 780. The maximum atomic E-state index is 12.9. The van der Waals surface area contributed by atoms with Gasteiger partial charge in [-0.3, -0.25) is 4.98 Å². The van der Waals surface area contributed by atoms with Gasteiger partial charge in [0.25, 0.3) is 0 Å². The third kappa shape index (κ3) is 3.83. The van der Waals surface area contributed by atoms with E-state index in [9.17, 15) is 4.79 Å². The second-order valence-electron chi connectivity index (χ2n) is 7.55. The molecular weight excluding hydrogens is 338 g/mol. The second kappa shape index (κ2) is 8.09. The maximum Gasteiger partial charge on any atom is 0.317 e. The Balaban J connectivity index is 1.41. The van der Waals surface area contributed by atoms with E-state index in [0.29, 0.717) is 18.4 Å². The number of urea groups is 1. The van der Waals surface area contributed by atoms with Crippen molar-refractivity contribution >= 4 is 6.03 Å². The van der Waals surface area contributed by atoms with Gasteiger partial charge in [0, 0.05) is 50.0 Å². The lowest BCUT2D eigenvalue weighted by Gasteiger charge is -2.32. The molecule has 3 atom stereocenters. The van der Waals surface area contributed by atoms with E-state index >= 15 is 0 Å². The summed E-state index contributed by atoms with van der Waals surface area (Å²) in [5.74, 6) is 0.735. The molecule has 0 spiro atoms. The monoisotopic (exact) mass is 365 g/mol. The predicted molar refractivity (Wildman–Crippen MR) is 105 cm³/mol. The van der Waals surface area contributed by atoms with Crippen LogP contribution in [0.3, 0.4) is 0 Å². The Kier molecular flexibility index (Phi) is 5.39. The van der Waals surface area contributed by atoms with Crippen molar-refractivity contribution in [1.29, 1.82) is 0 Å². The minimum absolute atomic E-state index is 0.0528. The molecule has 142 valence electrons. The number of carbonyl (C=O) groups is 1. The topological polar surface area (TPSA) is 54.5 Å². The van der Waals surface area contributed by atoms with Gasteiger partial charge in [-0.05, 0) is 42.5 Å². The van der Waals surface area contributed by atoms with E-state index in [-0.39, 0.29) is 12.1 Å². The second-order valence-corrected chi connectivity index (χ2v) is 7.55. The molecule has 3 heterocycles. The molecule has 4 rings (SSSR count). The van der Waals surface area contributed by atoms with Gasteiger partial charge in [0.2, 0.25) is 0 Å². The van der Waals surface area contributed by atoms with Crippen LogP contribution in [0.25, 0.3) is 0 Å². The molecule has 27 heavy (non-hydrogen) atoms. The first kappa shape index (κ1) is 18.0. The highest BCUT2D eigenvalue weighted by Crippen LogP contribution is 2.40. The number of likely N-dealkylation sites (tertiary alicyclic amines) is 1. The molecule has 2 amide bonds. The van der Waals surface area contributed by atoms with Crippen molar-refractivity contribution in [3.8, 4) is 0 Å². The van der Waals surface area contributed by atoms with Crippen molar-refractivity contribution in [3.63, 3.8) is 0 Å². The number of hydrogen-bond acceptors (Lipinski definition) is 3. The number of hydrogen-bond donors (Lipinski definition) is 1. The van der Waals surface area contributed by atoms with Gasteiger partial charge in [-0.2, -0.15) is 0 Å². The van der Waals surface area contributed by atoms with Gasteiger partial charge < -0.3 is 15.0 Å². The summed E-state index contributed by atoms with van der Waals surface area (Å²) in [7, 11) is 0. The van der Waals surface area contributed by atoms with Crippen molar-refractivity contribution in [3.05, 3.63) is 65.5 Å². The molecule has 0 aliphatic carbocycles. The van der Waals surface area contributed by atoms with E-state index in [2.05, 4.69) is 41.5 Å². The fourth-order valence-electron chi connectivity index (χ4n) is 4.48. The van der Waals surface area contributed by atoms with Gasteiger partial charge in [0.05, 0.1) is 6.61 Å². The van der Waals surface area contributed by atoms with E-state index in [1.807, 2.05) is 29.4 Å². The van der Waals surface area contributed by atoms with Gasteiger partial charge in [-0.25, -0.2) is 4.79 Å². The normalized spacial score (nSPS) is 24.5. The zero-order valence-corrected chi connectivity index (χ0v) is 15.8. The van der Waals surface area contributed by atoms with Crippen LogP contribution in [0.2, 0.25) is 0 Å². The zero-order valence-electron chi connectivity index (χ0n) is 15.8. The van der Waals surface area contributed by atoms with E-state index in [1.54, 1.807) is 0 Å². The molecular formula is C22H27N3O2. The van der Waals surface area contributed by atoms with Crippen LogP contribution in [0.1, 0.15) is 29.0 Å². The van der Waals surface area contributed by atoms with E-state index < -0.39 is 0 Å². The average Bonchev–Trinajstić information content (AvgIpc) is 3.10. The van der Waals surface area contributed by atoms with Crippen molar-refractivity contribution in [2.45, 2.75) is 31.7 Å². The standard InChI is InChI=1S/C22H27N3O2/c1-16-13-23-10-7-17(16)8-11-24-22(26)25-14-19(18-5-3-2-4-6-18)20-15-27-12-9-21(20)25/h2-7,10,13,19-21H,8-9,11-12,14-15H2,1H3,(H,24,26). The lowest BCUT2D eigenvalue weighted by molar-refractivity contribution is 0.0262. The Morgan fingerprint density at radius 1 is 1.30 bits per heavy atom. The number of fused-ring (bicyclic) bond motifs is 1. The Morgan fingerprint density at radius 3 is 2.96 bits per heavy atom. The van der Waals surface area contributed by atoms with Gasteiger partial charge in [-0.1, -0.05) is 30.3 Å². The lowest BCUT2D eigenvalue weighted by Crippen LogP contribution is -2.47. The Hall–Kier alpha value is -2.40. The zero-order chi connectivity index (χ0) is 18.6. The van der Waals surface area contributed by atoms with Gasteiger partial charge in [-0.15, -0.1) is 0 Å². The van der Waals surface area contributed by atoms with Crippen LogP contribution < -0.4 is 5.32 Å². The van der Waals surface area contributed by atoms with Crippen LogP contribution in [0.4, 0.5) is 4.79 Å². The minimum Gasteiger partial charge on any atom is -0.381 e. The summed E-state index contributed by atoms with van der Waals surface area (Å²) in [6.45, 7) is 4.95. The van der Waals surface area contributed by atoms with Crippen LogP contribution in [0.15, 0.2) is 48.8 Å². The molecule has 2 aromatic rings. The van der Waals surface area contributed by atoms with Crippen molar-refractivity contribution in [2.24, 2.45) is 5.92 Å². The summed E-state index contributed by atoms with van der Waals surface area (Å²) in [6, 6.07) is 12.9. The number of carbonyl (C=O) groups excluding carboxylic acids is 1. The summed E-state index contributed by atoms with van der Waals surface area (Å²) in [5.41, 5.74) is 3.71. The Morgan fingerprint density at radius 2 is 2.15 bits per heavy atom. The molecule has 2 saturated heterocycles. The highest BCUT2D eigenvalue weighted by atomic mass is 16.5. The minimum atomic E-state index is 0.0528. The summed E-state index contributed by atoms with van der Waals surface area (Å²) < 4.78 is 5.75. The predicted octanol–water partition coefficient (Wildman–Crippen LogP) is 3.15. The average molecular weight is 365 g/mol. The molecule has 2 fully saturated rings. The molecule has 0 bridgehead atoms. The SMILES string of the molecule is Cc1cnccc1CCNC(=O)N1CC(c2ccccc2)C2COCCC21. The first-order valence-electron chi connectivity index (χ1n) is 9.80. The molecule has 1 aromatic heterocycles. The van der Waals surface area contributed by atoms with Crippen LogP contribution in [-0.4, -0.2) is 48.3 Å². The highest BCUT2D eigenvalue weighted by molar-refractivity contribution is 5.75. The third-order valence-corrected chi connectivity index (χ3v) is 5.97. The van der Waals surface area contributed by atoms with Crippen molar-refractivity contribution < 1.29 is 9.53 Å². The largest absolute Gasteiger partial charge is 0.381 e. The number of rotatable bonds is 4. The number of amides is 2. The smallest absolute Gasteiger partial charge is 0.317 e. The fourth-order valence-corrected chi connectivity index (χ4v) is 4.48. The molecule has 1 aromatic carbocycles. The number of nitrogens with zero attached hydrogens (tertiary/aromatic N) is 2. The summed E-state index contributed by atoms with van der Waals surface area (Å²) in [6.07, 6.45) is 5.43. The van der Waals surface area contributed by atoms with Gasteiger partial charge in [0.15, 0.2) is 0 Å². The molecule has 1 N–H and O–H groups in total. The number of ether oxygens (including phenoxy) is 1. The molecule has 5 nitrogen and oxygen atoms in total. The molecule has 0 saturated carbocycles. The van der Waals surface area contributed by atoms with E-state index in [1.165, 1.54) is 16.7 Å². The molecule has 5 heteroatoms. The summed E-state index contributed by atoms with van der Waals surface area (Å²) in [5, 5.41) is 3.13. The molecule has 2 aliphatic heterocycles. The summed E-state index contributed by atoms with van der Waals surface area (Å²) >= 11 is 0. The number of benzene rings is 1.